The lowest BCUT2D eigenvalue weighted by atomic mass is 10.1. The van der Waals surface area contributed by atoms with E-state index in [9.17, 15) is 8.42 Å². The van der Waals surface area contributed by atoms with Crippen LogP contribution >= 0.6 is 0 Å². The lowest BCUT2D eigenvalue weighted by Gasteiger charge is -2.16. The maximum absolute atomic E-state index is 10.6. The van der Waals surface area contributed by atoms with Gasteiger partial charge in [0.25, 0.3) is 0 Å². The summed E-state index contributed by atoms with van der Waals surface area (Å²) in [6, 6.07) is 0.579. The van der Waals surface area contributed by atoms with E-state index in [1.54, 1.807) is 0 Å². The minimum absolute atomic E-state index is 0.0844. The molecule has 0 saturated heterocycles. The van der Waals surface area contributed by atoms with E-state index in [1.165, 1.54) is 19.3 Å². The van der Waals surface area contributed by atoms with Crippen LogP contribution in [-0.4, -0.2) is 26.8 Å². The van der Waals surface area contributed by atoms with E-state index in [2.05, 4.69) is 12.2 Å². The smallest absolute Gasteiger partial charge is 0.209 e. The zero-order valence-corrected chi connectivity index (χ0v) is 9.52. The number of primary sulfonamides is 1. The van der Waals surface area contributed by atoms with Crippen LogP contribution in [0, 0.1) is 5.92 Å². The van der Waals surface area contributed by atoms with Crippen molar-refractivity contribution < 1.29 is 8.42 Å². The second-order valence-electron chi connectivity index (χ2n) is 4.19. The van der Waals surface area contributed by atoms with Gasteiger partial charge in [-0.2, -0.15) is 0 Å². The minimum Gasteiger partial charge on any atom is -0.314 e. The van der Waals surface area contributed by atoms with E-state index in [0.29, 0.717) is 12.5 Å². The molecule has 1 aliphatic rings. The predicted octanol–water partition coefficient (Wildman–Crippen LogP) is 0.443. The molecular formula is C9H20N2O2S. The molecular weight excluding hydrogens is 200 g/mol. The molecule has 84 valence electrons. The molecule has 0 heterocycles. The molecule has 0 spiro atoms. The first kappa shape index (κ1) is 11.9. The Kier molecular flexibility index (Phi) is 4.34. The first-order chi connectivity index (χ1) is 6.49. The summed E-state index contributed by atoms with van der Waals surface area (Å²) in [5.41, 5.74) is 0. The highest BCUT2D eigenvalue weighted by Gasteiger charge is 2.22. The van der Waals surface area contributed by atoms with Crippen molar-refractivity contribution in [3.63, 3.8) is 0 Å². The maximum atomic E-state index is 10.6. The van der Waals surface area contributed by atoms with E-state index in [-0.39, 0.29) is 5.75 Å². The third kappa shape index (κ3) is 4.39. The Labute approximate surface area is 86.3 Å². The zero-order valence-electron chi connectivity index (χ0n) is 8.70. The normalized spacial score (nSPS) is 28.1. The van der Waals surface area contributed by atoms with Gasteiger partial charge in [0, 0.05) is 6.04 Å². The minimum atomic E-state index is -3.27. The van der Waals surface area contributed by atoms with Crippen molar-refractivity contribution in [2.75, 3.05) is 12.3 Å². The Morgan fingerprint density at radius 1 is 1.43 bits per heavy atom. The van der Waals surface area contributed by atoms with Crippen LogP contribution in [0.5, 0.6) is 0 Å². The molecule has 0 bridgehead atoms. The van der Waals surface area contributed by atoms with Crippen LogP contribution in [0.1, 0.15) is 32.6 Å². The summed E-state index contributed by atoms with van der Waals surface area (Å²) in [7, 11) is -3.27. The fraction of sp³-hybridized carbons (Fsp3) is 1.00. The fourth-order valence-corrected chi connectivity index (χ4v) is 2.56. The molecule has 0 aromatic carbocycles. The van der Waals surface area contributed by atoms with Crippen LogP contribution in [0.2, 0.25) is 0 Å². The van der Waals surface area contributed by atoms with Gasteiger partial charge < -0.3 is 5.32 Å². The Morgan fingerprint density at radius 3 is 2.64 bits per heavy atom. The number of sulfonamides is 1. The van der Waals surface area contributed by atoms with Crippen molar-refractivity contribution in [3.05, 3.63) is 0 Å². The van der Waals surface area contributed by atoms with Gasteiger partial charge in [0.2, 0.25) is 10.0 Å². The Balaban J connectivity index is 2.09. The lowest BCUT2D eigenvalue weighted by Crippen LogP contribution is -2.33. The van der Waals surface area contributed by atoms with Crippen molar-refractivity contribution in [2.45, 2.75) is 38.6 Å². The van der Waals surface area contributed by atoms with Gasteiger partial charge in [-0.15, -0.1) is 0 Å². The molecule has 0 amide bonds. The third-order valence-electron chi connectivity index (χ3n) is 2.87. The lowest BCUT2D eigenvalue weighted by molar-refractivity contribution is 0.428. The molecule has 0 radical (unpaired) electrons. The summed E-state index contributed by atoms with van der Waals surface area (Å²) < 4.78 is 21.3. The molecule has 0 aromatic rings. The number of rotatable bonds is 5. The third-order valence-corrected chi connectivity index (χ3v) is 3.73. The van der Waals surface area contributed by atoms with Crippen molar-refractivity contribution in [3.8, 4) is 0 Å². The largest absolute Gasteiger partial charge is 0.314 e. The average Bonchev–Trinajstić information content (AvgIpc) is 2.44. The van der Waals surface area contributed by atoms with Gasteiger partial charge in [0.1, 0.15) is 0 Å². The molecule has 1 aliphatic carbocycles. The summed E-state index contributed by atoms with van der Waals surface area (Å²) in [5, 5.41) is 8.29. The van der Waals surface area contributed by atoms with E-state index in [4.69, 9.17) is 5.14 Å². The molecule has 2 atom stereocenters. The van der Waals surface area contributed by atoms with Crippen LogP contribution in [0.4, 0.5) is 0 Å². The van der Waals surface area contributed by atoms with E-state index >= 15 is 0 Å². The summed E-state index contributed by atoms with van der Waals surface area (Å²) in [5.74, 6) is 0.811. The molecule has 4 nitrogen and oxygen atoms in total. The number of hydrogen-bond donors (Lipinski definition) is 2. The summed E-state index contributed by atoms with van der Waals surface area (Å²) in [4.78, 5) is 0. The topological polar surface area (TPSA) is 72.2 Å². The summed E-state index contributed by atoms with van der Waals surface area (Å²) in [6.45, 7) is 3.00. The molecule has 0 aromatic heterocycles. The summed E-state index contributed by atoms with van der Waals surface area (Å²) >= 11 is 0. The molecule has 14 heavy (non-hydrogen) atoms. The fourth-order valence-electron chi connectivity index (χ4n) is 2.01. The SMILES string of the molecule is CC1CCCC1NCCCS(N)(=O)=O. The van der Waals surface area contributed by atoms with Crippen LogP contribution in [0.25, 0.3) is 0 Å². The molecule has 1 fully saturated rings. The highest BCUT2D eigenvalue weighted by Crippen LogP contribution is 2.24. The van der Waals surface area contributed by atoms with Gasteiger partial charge in [-0.3, -0.25) is 0 Å². The van der Waals surface area contributed by atoms with Crippen LogP contribution in [0.15, 0.2) is 0 Å². The second kappa shape index (κ2) is 5.09. The predicted molar refractivity (Wildman–Crippen MR) is 57.4 cm³/mol. The van der Waals surface area contributed by atoms with E-state index < -0.39 is 10.0 Å². The second-order valence-corrected chi connectivity index (χ2v) is 5.92. The van der Waals surface area contributed by atoms with Crippen LogP contribution < -0.4 is 10.5 Å². The highest BCUT2D eigenvalue weighted by molar-refractivity contribution is 7.89. The molecule has 5 heteroatoms. The molecule has 1 saturated carbocycles. The quantitative estimate of drug-likeness (QED) is 0.660. The summed E-state index contributed by atoms with van der Waals surface area (Å²) in [6.07, 6.45) is 4.40. The van der Waals surface area contributed by atoms with Crippen molar-refractivity contribution >= 4 is 10.0 Å². The van der Waals surface area contributed by atoms with Gasteiger partial charge in [-0.05, 0) is 31.7 Å². The number of hydrogen-bond acceptors (Lipinski definition) is 3. The van der Waals surface area contributed by atoms with Gasteiger partial charge in [-0.25, -0.2) is 13.6 Å². The Hall–Kier alpha value is -0.130. The zero-order chi connectivity index (χ0) is 10.6. The monoisotopic (exact) mass is 220 g/mol. The first-order valence-electron chi connectivity index (χ1n) is 5.23. The Morgan fingerprint density at radius 2 is 2.14 bits per heavy atom. The van der Waals surface area contributed by atoms with Crippen molar-refractivity contribution in [2.24, 2.45) is 11.1 Å². The molecule has 2 unspecified atom stereocenters. The highest BCUT2D eigenvalue weighted by atomic mass is 32.2. The number of nitrogens with two attached hydrogens (primary N) is 1. The van der Waals surface area contributed by atoms with E-state index in [1.807, 2.05) is 0 Å². The van der Waals surface area contributed by atoms with Gasteiger partial charge in [0.05, 0.1) is 5.75 Å². The standard InChI is InChI=1S/C9H20N2O2S/c1-8-4-2-5-9(8)11-6-3-7-14(10,12)13/h8-9,11H,2-7H2,1H3,(H2,10,12,13). The first-order valence-corrected chi connectivity index (χ1v) is 6.94. The van der Waals surface area contributed by atoms with Crippen molar-refractivity contribution in [1.82, 2.24) is 5.32 Å². The maximum Gasteiger partial charge on any atom is 0.209 e. The number of nitrogens with one attached hydrogen (secondary N) is 1. The average molecular weight is 220 g/mol. The van der Waals surface area contributed by atoms with Gasteiger partial charge in [-0.1, -0.05) is 13.3 Å². The molecule has 3 N–H and O–H groups in total. The molecule has 0 aliphatic heterocycles. The van der Waals surface area contributed by atoms with Crippen LogP contribution in [-0.2, 0) is 10.0 Å². The Bertz CT molecular complexity index is 264. The molecule has 1 rings (SSSR count). The van der Waals surface area contributed by atoms with Gasteiger partial charge >= 0.3 is 0 Å². The van der Waals surface area contributed by atoms with Crippen LogP contribution in [0.3, 0.4) is 0 Å². The van der Waals surface area contributed by atoms with Gasteiger partial charge in [0.15, 0.2) is 0 Å². The van der Waals surface area contributed by atoms with Crippen molar-refractivity contribution in [1.29, 1.82) is 0 Å². The van der Waals surface area contributed by atoms with E-state index in [0.717, 1.165) is 12.5 Å².